The van der Waals surface area contributed by atoms with Gasteiger partial charge in [-0.2, -0.15) is 18.4 Å². The van der Waals surface area contributed by atoms with Gasteiger partial charge in [0, 0.05) is 0 Å². The molecular weight excluding hydrogens is 441 g/mol. The molecule has 0 radical (unpaired) electrons. The van der Waals surface area contributed by atoms with Crippen molar-refractivity contribution >= 4 is 27.3 Å². The van der Waals surface area contributed by atoms with Crippen LogP contribution >= 0.6 is 27.3 Å². The highest BCUT2D eigenvalue weighted by molar-refractivity contribution is 9.11. The summed E-state index contributed by atoms with van der Waals surface area (Å²) in [7, 11) is 0. The highest BCUT2D eigenvalue weighted by Crippen LogP contribution is 2.36. The van der Waals surface area contributed by atoms with Gasteiger partial charge in [-0.15, -0.1) is 11.3 Å². The molecule has 27 heavy (non-hydrogen) atoms. The fraction of sp³-hybridized carbons (Fsp3) is 0.158. The zero-order chi connectivity index (χ0) is 19.8. The molecular formula is C19H12BrF3N2OS. The Labute approximate surface area is 165 Å². The second-order valence-electron chi connectivity index (χ2n) is 5.91. The summed E-state index contributed by atoms with van der Waals surface area (Å²) in [4.78, 5) is 13.3. The van der Waals surface area contributed by atoms with E-state index in [0.717, 1.165) is 21.0 Å². The van der Waals surface area contributed by atoms with E-state index in [9.17, 15) is 23.2 Å². The predicted octanol–water partition coefficient (Wildman–Crippen LogP) is 5.59. The lowest BCUT2D eigenvalue weighted by molar-refractivity contribution is -0.137. The van der Waals surface area contributed by atoms with Crippen LogP contribution in [-0.2, 0) is 12.7 Å². The molecule has 2 aromatic heterocycles. The molecule has 138 valence electrons. The van der Waals surface area contributed by atoms with Crippen LogP contribution in [0.5, 0.6) is 0 Å². The number of thiophene rings is 1. The molecule has 3 rings (SSSR count). The molecule has 3 aromatic rings. The first-order valence-electron chi connectivity index (χ1n) is 7.77. The quantitative estimate of drug-likeness (QED) is 0.520. The summed E-state index contributed by atoms with van der Waals surface area (Å²) in [6, 6.07) is 13.0. The first kappa shape index (κ1) is 19.4. The van der Waals surface area contributed by atoms with Crippen LogP contribution in [0.3, 0.4) is 0 Å². The van der Waals surface area contributed by atoms with Crippen molar-refractivity contribution in [3.63, 3.8) is 0 Å². The van der Waals surface area contributed by atoms with Crippen LogP contribution in [0.4, 0.5) is 13.2 Å². The SMILES string of the molecule is Cc1ccc(Cn2c(-c3ccc(Br)s3)cc(C(F)(F)F)c(C#N)c2=O)cc1. The molecule has 0 N–H and O–H groups in total. The van der Waals surface area contributed by atoms with E-state index in [-0.39, 0.29) is 12.2 Å². The Bertz CT molecular complexity index is 1090. The number of aromatic nitrogens is 1. The standard InChI is InChI=1S/C19H12BrF3N2OS/c1-11-2-4-12(5-3-11)10-25-15(16-6-7-17(20)27-16)8-14(19(21,22)23)13(9-24)18(25)26/h2-8H,10H2,1H3. The number of halogens is 4. The molecule has 0 bridgehead atoms. The summed E-state index contributed by atoms with van der Waals surface area (Å²) in [5, 5.41) is 9.19. The molecule has 0 aliphatic rings. The molecule has 0 fully saturated rings. The molecule has 0 atom stereocenters. The minimum Gasteiger partial charge on any atom is -0.302 e. The van der Waals surface area contributed by atoms with Gasteiger partial charge in [0.15, 0.2) is 0 Å². The molecule has 2 heterocycles. The topological polar surface area (TPSA) is 45.8 Å². The fourth-order valence-electron chi connectivity index (χ4n) is 2.67. The summed E-state index contributed by atoms with van der Waals surface area (Å²) in [5.74, 6) is 0. The highest BCUT2D eigenvalue weighted by atomic mass is 79.9. The molecule has 0 spiro atoms. The van der Waals surface area contributed by atoms with Crippen molar-refractivity contribution in [3.05, 3.63) is 78.9 Å². The maximum Gasteiger partial charge on any atom is 0.417 e. The number of hydrogen-bond acceptors (Lipinski definition) is 3. The van der Waals surface area contributed by atoms with Gasteiger partial charge in [-0.25, -0.2) is 0 Å². The Morgan fingerprint density at radius 1 is 1.19 bits per heavy atom. The zero-order valence-corrected chi connectivity index (χ0v) is 16.4. The molecule has 0 amide bonds. The third-order valence-electron chi connectivity index (χ3n) is 4.00. The molecule has 0 saturated heterocycles. The monoisotopic (exact) mass is 452 g/mol. The lowest BCUT2D eigenvalue weighted by Crippen LogP contribution is -2.28. The van der Waals surface area contributed by atoms with Crippen molar-refractivity contribution in [1.82, 2.24) is 4.57 Å². The summed E-state index contributed by atoms with van der Waals surface area (Å²) < 4.78 is 42.2. The van der Waals surface area contributed by atoms with E-state index in [0.29, 0.717) is 4.88 Å². The van der Waals surface area contributed by atoms with Crippen LogP contribution in [0, 0.1) is 18.3 Å². The van der Waals surface area contributed by atoms with E-state index >= 15 is 0 Å². The van der Waals surface area contributed by atoms with E-state index in [2.05, 4.69) is 15.9 Å². The number of nitrogens with zero attached hydrogens (tertiary/aromatic N) is 2. The third kappa shape index (κ3) is 3.99. The summed E-state index contributed by atoms with van der Waals surface area (Å²) in [6.07, 6.45) is -4.80. The van der Waals surface area contributed by atoms with E-state index in [1.165, 1.54) is 22.0 Å². The average Bonchev–Trinajstić information content (AvgIpc) is 3.03. The summed E-state index contributed by atoms with van der Waals surface area (Å²) in [6.45, 7) is 1.98. The van der Waals surface area contributed by atoms with E-state index in [4.69, 9.17) is 0 Å². The molecule has 8 heteroatoms. The van der Waals surface area contributed by atoms with Gasteiger partial charge in [0.1, 0.15) is 11.6 Å². The lowest BCUT2D eigenvalue weighted by atomic mass is 10.1. The van der Waals surface area contributed by atoms with Gasteiger partial charge in [0.25, 0.3) is 5.56 Å². The number of aryl methyl sites for hydroxylation is 1. The van der Waals surface area contributed by atoms with E-state index < -0.39 is 22.9 Å². The molecule has 3 nitrogen and oxygen atoms in total. The van der Waals surface area contributed by atoms with Gasteiger partial charge >= 0.3 is 6.18 Å². The second kappa shape index (κ2) is 7.33. The Balaban J connectivity index is 2.28. The first-order valence-corrected chi connectivity index (χ1v) is 9.38. The number of pyridine rings is 1. The van der Waals surface area contributed by atoms with Gasteiger partial charge < -0.3 is 4.57 Å². The third-order valence-corrected chi connectivity index (χ3v) is 5.65. The molecule has 0 aliphatic carbocycles. The maximum atomic E-state index is 13.4. The number of rotatable bonds is 3. The van der Waals surface area contributed by atoms with Gasteiger partial charge in [0.05, 0.1) is 26.5 Å². The van der Waals surface area contributed by atoms with Crippen molar-refractivity contribution in [2.24, 2.45) is 0 Å². The van der Waals surface area contributed by atoms with Crippen LogP contribution in [-0.4, -0.2) is 4.57 Å². The Hall–Kier alpha value is -2.37. The van der Waals surface area contributed by atoms with Crippen LogP contribution in [0.25, 0.3) is 10.6 Å². The Morgan fingerprint density at radius 2 is 1.85 bits per heavy atom. The Kier molecular flexibility index (Phi) is 5.27. The van der Waals surface area contributed by atoms with Crippen molar-refractivity contribution in [1.29, 1.82) is 5.26 Å². The van der Waals surface area contributed by atoms with Gasteiger partial charge in [0.2, 0.25) is 0 Å². The maximum absolute atomic E-state index is 13.4. The molecule has 0 aliphatic heterocycles. The van der Waals surface area contributed by atoms with Crippen molar-refractivity contribution in [2.75, 3.05) is 0 Å². The summed E-state index contributed by atoms with van der Waals surface area (Å²) in [5.41, 5.74) is -1.15. The normalized spacial score (nSPS) is 11.4. The van der Waals surface area contributed by atoms with Gasteiger partial charge in [-0.3, -0.25) is 4.79 Å². The molecule has 0 saturated carbocycles. The Morgan fingerprint density at radius 3 is 2.37 bits per heavy atom. The number of nitriles is 1. The number of alkyl halides is 3. The van der Waals surface area contributed by atoms with Crippen LogP contribution in [0.2, 0.25) is 0 Å². The minimum absolute atomic E-state index is 0.0663. The van der Waals surface area contributed by atoms with Crippen molar-refractivity contribution < 1.29 is 13.2 Å². The summed E-state index contributed by atoms with van der Waals surface area (Å²) >= 11 is 4.51. The highest BCUT2D eigenvalue weighted by Gasteiger charge is 2.36. The second-order valence-corrected chi connectivity index (χ2v) is 8.37. The minimum atomic E-state index is -4.80. The van der Waals surface area contributed by atoms with Crippen LogP contribution in [0.1, 0.15) is 22.3 Å². The number of hydrogen-bond donors (Lipinski definition) is 0. The fourth-order valence-corrected chi connectivity index (χ4v) is 4.08. The number of benzene rings is 1. The predicted molar refractivity (Wildman–Crippen MR) is 102 cm³/mol. The smallest absolute Gasteiger partial charge is 0.302 e. The lowest BCUT2D eigenvalue weighted by Gasteiger charge is -2.17. The first-order chi connectivity index (χ1) is 12.7. The average molecular weight is 453 g/mol. The van der Waals surface area contributed by atoms with Crippen molar-refractivity contribution in [3.8, 4) is 16.6 Å². The van der Waals surface area contributed by atoms with Crippen molar-refractivity contribution in [2.45, 2.75) is 19.6 Å². The van der Waals surface area contributed by atoms with E-state index in [1.54, 1.807) is 24.3 Å². The van der Waals surface area contributed by atoms with E-state index in [1.807, 2.05) is 19.1 Å². The van der Waals surface area contributed by atoms with Gasteiger partial charge in [-0.1, -0.05) is 29.8 Å². The zero-order valence-electron chi connectivity index (χ0n) is 14.0. The molecule has 0 unspecified atom stereocenters. The van der Waals surface area contributed by atoms with Crippen LogP contribution < -0.4 is 5.56 Å². The molecule has 1 aromatic carbocycles. The largest absolute Gasteiger partial charge is 0.417 e. The van der Waals surface area contributed by atoms with Crippen LogP contribution in [0.15, 0.2) is 51.0 Å². The van der Waals surface area contributed by atoms with Gasteiger partial charge in [-0.05, 0) is 46.6 Å².